The summed E-state index contributed by atoms with van der Waals surface area (Å²) in [4.78, 5) is 16.7. The van der Waals surface area contributed by atoms with Gasteiger partial charge in [0, 0.05) is 39.0 Å². The number of carbonyl (C=O) groups is 1. The molecule has 172 valence electrons. The fraction of sp³-hybridized carbons (Fsp3) is 0.269. The molecular formula is C26H23N3O5. The molecule has 0 aliphatic carbocycles. The molecule has 1 unspecified atom stereocenters. The lowest BCUT2D eigenvalue weighted by Gasteiger charge is -2.36. The van der Waals surface area contributed by atoms with Crippen molar-refractivity contribution in [1.29, 1.82) is 0 Å². The van der Waals surface area contributed by atoms with E-state index in [4.69, 9.17) is 4.74 Å². The average molecular weight is 457 g/mol. The maximum absolute atomic E-state index is 13.2. The zero-order chi connectivity index (χ0) is 23.3. The molecule has 5 N–H and O–H groups in total. The molecular weight excluding hydrogens is 434 g/mol. The van der Waals surface area contributed by atoms with Gasteiger partial charge >= 0.3 is 0 Å². The Morgan fingerprint density at radius 1 is 1.00 bits per heavy atom. The van der Waals surface area contributed by atoms with Crippen molar-refractivity contribution in [3.8, 4) is 0 Å². The van der Waals surface area contributed by atoms with Gasteiger partial charge in [-0.3, -0.25) is 4.79 Å². The van der Waals surface area contributed by atoms with E-state index in [1.165, 1.54) is 0 Å². The zero-order valence-electron chi connectivity index (χ0n) is 18.3. The third kappa shape index (κ3) is 2.43. The van der Waals surface area contributed by atoms with Gasteiger partial charge in [-0.15, -0.1) is 0 Å². The lowest BCUT2D eigenvalue weighted by Crippen LogP contribution is -2.45. The van der Waals surface area contributed by atoms with Gasteiger partial charge in [-0.1, -0.05) is 36.4 Å². The van der Waals surface area contributed by atoms with Crippen LogP contribution in [-0.4, -0.2) is 49.1 Å². The predicted octanol–water partition coefficient (Wildman–Crippen LogP) is 3.19. The Balaban J connectivity index is 1.71. The summed E-state index contributed by atoms with van der Waals surface area (Å²) < 4.78 is 8.23. The van der Waals surface area contributed by atoms with E-state index in [1.807, 2.05) is 53.1 Å². The number of carbonyl (C=O) groups excluding carboxylic acids is 1. The summed E-state index contributed by atoms with van der Waals surface area (Å²) in [6.07, 6.45) is -3.95. The van der Waals surface area contributed by atoms with Crippen molar-refractivity contribution >= 4 is 49.5 Å². The molecule has 0 radical (unpaired) electrons. The van der Waals surface area contributed by atoms with E-state index in [1.54, 1.807) is 6.92 Å². The number of rotatable bonds is 1. The highest BCUT2D eigenvalue weighted by Crippen LogP contribution is 2.47. The van der Waals surface area contributed by atoms with E-state index in [0.717, 1.165) is 43.6 Å². The Morgan fingerprint density at radius 2 is 1.74 bits per heavy atom. The van der Waals surface area contributed by atoms with Gasteiger partial charge in [0.15, 0.2) is 6.23 Å². The van der Waals surface area contributed by atoms with Gasteiger partial charge in [-0.05, 0) is 19.1 Å². The minimum absolute atomic E-state index is 0.201. The van der Waals surface area contributed by atoms with Crippen molar-refractivity contribution in [2.45, 2.75) is 44.1 Å². The van der Waals surface area contributed by atoms with Gasteiger partial charge in [0.2, 0.25) is 0 Å². The van der Waals surface area contributed by atoms with Crippen molar-refractivity contribution in [3.05, 3.63) is 59.7 Å². The number of nitrogens with one attached hydrogen (secondary N) is 2. The minimum Gasteiger partial charge on any atom is -0.390 e. The summed E-state index contributed by atoms with van der Waals surface area (Å²) in [5.41, 5.74) is 4.33. The molecule has 34 heavy (non-hydrogen) atoms. The second kappa shape index (κ2) is 6.80. The van der Waals surface area contributed by atoms with Gasteiger partial charge in [-0.25, -0.2) is 0 Å². The molecule has 8 nitrogen and oxygen atoms in total. The number of aromatic amines is 1. The van der Waals surface area contributed by atoms with Gasteiger partial charge in [-0.2, -0.15) is 0 Å². The lowest BCUT2D eigenvalue weighted by molar-refractivity contribution is -0.182. The maximum Gasteiger partial charge on any atom is 0.254 e. The van der Waals surface area contributed by atoms with Crippen molar-refractivity contribution in [1.82, 2.24) is 14.9 Å². The van der Waals surface area contributed by atoms with E-state index in [0.29, 0.717) is 11.1 Å². The Labute approximate surface area is 193 Å². The molecule has 1 fully saturated rings. The number of benzene rings is 3. The Kier molecular flexibility index (Phi) is 4.00. The quantitative estimate of drug-likeness (QED) is 0.265. The van der Waals surface area contributed by atoms with Crippen molar-refractivity contribution in [2.24, 2.45) is 0 Å². The van der Waals surface area contributed by atoms with Gasteiger partial charge in [0.05, 0.1) is 34.3 Å². The smallest absolute Gasteiger partial charge is 0.254 e. The van der Waals surface area contributed by atoms with Crippen LogP contribution in [0, 0.1) is 0 Å². The standard InChI is InChI=1S/C26H23N3O5/c1-11-24(31)16(30)10-17(34-11)29-15-9-5-3-7-13(15)19-21-20(25(32)28-26(21)33)18-12-6-2-4-8-14(12)27-22(18)23(19)29/h2-9,11,16-17,24-25,27,30-32H,10H2,1H3,(H,28,33)/t11-,16-,17-,24-,25?/m1/s1. The number of nitrogens with zero attached hydrogens (tertiary/aromatic N) is 1. The molecule has 3 aromatic carbocycles. The van der Waals surface area contributed by atoms with Crippen LogP contribution in [0.15, 0.2) is 48.5 Å². The number of hydrogen-bond acceptors (Lipinski definition) is 5. The number of H-pyrrole nitrogens is 1. The van der Waals surface area contributed by atoms with E-state index < -0.39 is 30.8 Å². The number of aliphatic hydroxyl groups is 3. The summed E-state index contributed by atoms with van der Waals surface area (Å²) in [7, 11) is 0. The van der Waals surface area contributed by atoms with Crippen molar-refractivity contribution in [3.63, 3.8) is 0 Å². The highest BCUT2D eigenvalue weighted by atomic mass is 16.5. The van der Waals surface area contributed by atoms with Crippen LogP contribution >= 0.6 is 0 Å². The molecule has 2 aromatic heterocycles. The van der Waals surface area contributed by atoms with Crippen molar-refractivity contribution < 1.29 is 24.9 Å². The Hall–Kier alpha value is -3.43. The number of fused-ring (bicyclic) bond motifs is 10. The summed E-state index contributed by atoms with van der Waals surface area (Å²) in [5, 5.41) is 37.7. The summed E-state index contributed by atoms with van der Waals surface area (Å²) >= 11 is 0. The molecule has 7 rings (SSSR count). The Bertz CT molecular complexity index is 1640. The van der Waals surface area contributed by atoms with Crippen LogP contribution in [0.3, 0.4) is 0 Å². The van der Waals surface area contributed by atoms with Crippen molar-refractivity contribution in [2.75, 3.05) is 0 Å². The maximum atomic E-state index is 13.2. The fourth-order valence-electron chi connectivity index (χ4n) is 5.91. The monoisotopic (exact) mass is 457 g/mol. The van der Waals surface area contributed by atoms with Crippen LogP contribution in [0.4, 0.5) is 0 Å². The van der Waals surface area contributed by atoms with Crippen LogP contribution in [0.5, 0.6) is 0 Å². The highest BCUT2D eigenvalue weighted by molar-refractivity contribution is 6.30. The fourth-order valence-corrected chi connectivity index (χ4v) is 5.91. The topological polar surface area (TPSA) is 120 Å². The molecule has 0 saturated carbocycles. The summed E-state index contributed by atoms with van der Waals surface area (Å²) in [5.74, 6) is -0.323. The predicted molar refractivity (Wildman–Crippen MR) is 127 cm³/mol. The first-order valence-electron chi connectivity index (χ1n) is 11.4. The zero-order valence-corrected chi connectivity index (χ0v) is 18.3. The number of amides is 1. The normalized spacial score (nSPS) is 27.2. The van der Waals surface area contributed by atoms with E-state index >= 15 is 0 Å². The van der Waals surface area contributed by atoms with Crippen LogP contribution in [-0.2, 0) is 4.74 Å². The third-order valence-corrected chi connectivity index (χ3v) is 7.39. The summed E-state index contributed by atoms with van der Waals surface area (Å²) in [6, 6.07) is 15.6. The Morgan fingerprint density at radius 3 is 2.53 bits per heavy atom. The average Bonchev–Trinajstić information content (AvgIpc) is 3.46. The molecule has 0 spiro atoms. The first-order chi connectivity index (χ1) is 16.5. The van der Waals surface area contributed by atoms with E-state index in [2.05, 4.69) is 10.3 Å². The molecule has 0 bridgehead atoms. The molecule has 5 aromatic rings. The molecule has 8 heteroatoms. The second-order valence-corrected chi connectivity index (χ2v) is 9.29. The third-order valence-electron chi connectivity index (χ3n) is 7.39. The van der Waals surface area contributed by atoms with E-state index in [9.17, 15) is 20.1 Å². The van der Waals surface area contributed by atoms with Crippen LogP contribution in [0.1, 0.15) is 41.7 Å². The van der Waals surface area contributed by atoms with E-state index in [-0.39, 0.29) is 12.3 Å². The SMILES string of the molecule is C[C@H]1O[C@@H](n2c3ccccc3c3c4c(c5c6ccccc6[nH]c5c32)C(O)NC4=O)C[C@@H](O)[C@@H]1O. The number of aliphatic hydroxyl groups excluding tert-OH is 3. The molecule has 2 aliphatic heterocycles. The molecule has 1 amide bonds. The highest BCUT2D eigenvalue weighted by Gasteiger charge is 2.39. The molecule has 2 aliphatic rings. The number of hydrogen-bond donors (Lipinski definition) is 5. The molecule has 4 heterocycles. The number of ether oxygens (including phenoxy) is 1. The largest absolute Gasteiger partial charge is 0.390 e. The van der Waals surface area contributed by atoms with Gasteiger partial charge in [0.25, 0.3) is 5.91 Å². The first-order valence-corrected chi connectivity index (χ1v) is 11.4. The summed E-state index contributed by atoms with van der Waals surface area (Å²) in [6.45, 7) is 1.74. The number of aromatic nitrogens is 2. The molecule has 5 atom stereocenters. The second-order valence-electron chi connectivity index (χ2n) is 9.29. The van der Waals surface area contributed by atoms with Gasteiger partial charge < -0.3 is 34.9 Å². The van der Waals surface area contributed by atoms with Crippen LogP contribution in [0.25, 0.3) is 43.6 Å². The minimum atomic E-state index is -1.11. The lowest BCUT2D eigenvalue weighted by atomic mass is 9.96. The van der Waals surface area contributed by atoms with Gasteiger partial charge in [0.1, 0.15) is 12.3 Å². The first kappa shape index (κ1) is 20.0. The van der Waals surface area contributed by atoms with Crippen LogP contribution in [0.2, 0.25) is 0 Å². The van der Waals surface area contributed by atoms with Crippen LogP contribution < -0.4 is 5.32 Å². The number of para-hydroxylation sites is 2. The molecule has 1 saturated heterocycles.